The predicted molar refractivity (Wildman–Crippen MR) is 84.2 cm³/mol. The summed E-state index contributed by atoms with van der Waals surface area (Å²) in [7, 11) is 1.71. The lowest BCUT2D eigenvalue weighted by Crippen LogP contribution is -2.44. The van der Waals surface area contributed by atoms with Crippen molar-refractivity contribution < 1.29 is 14.2 Å². The molecule has 0 saturated carbocycles. The van der Waals surface area contributed by atoms with Crippen LogP contribution >= 0.6 is 0 Å². The number of aliphatic imine (C=N–C) groups is 1. The summed E-state index contributed by atoms with van der Waals surface area (Å²) in [5.41, 5.74) is 0.959. The summed E-state index contributed by atoms with van der Waals surface area (Å²) in [4.78, 5) is 4.19. The number of nitrogens with one attached hydrogen (secondary N) is 2. The van der Waals surface area contributed by atoms with Gasteiger partial charge in [0.25, 0.3) is 0 Å². The van der Waals surface area contributed by atoms with Crippen LogP contribution in [0.5, 0.6) is 0 Å². The maximum absolute atomic E-state index is 12.9. The number of rotatable bonds is 6. The van der Waals surface area contributed by atoms with Crippen molar-refractivity contribution in [3.05, 3.63) is 35.6 Å². The van der Waals surface area contributed by atoms with E-state index < -0.39 is 0 Å². The van der Waals surface area contributed by atoms with E-state index in [9.17, 15) is 9.50 Å². The number of guanidine groups is 1. The first kappa shape index (κ1) is 16.7. The first-order chi connectivity index (χ1) is 10.7. The molecule has 6 heteroatoms. The Morgan fingerprint density at radius 1 is 1.36 bits per heavy atom. The van der Waals surface area contributed by atoms with Gasteiger partial charge in [-0.05, 0) is 30.5 Å². The van der Waals surface area contributed by atoms with Crippen molar-refractivity contribution in [3.63, 3.8) is 0 Å². The van der Waals surface area contributed by atoms with Gasteiger partial charge in [-0.2, -0.15) is 0 Å². The molecule has 1 aromatic carbocycles. The van der Waals surface area contributed by atoms with E-state index in [-0.39, 0.29) is 17.8 Å². The van der Waals surface area contributed by atoms with Crippen molar-refractivity contribution in [2.45, 2.75) is 19.4 Å². The third kappa shape index (κ3) is 4.68. The first-order valence-corrected chi connectivity index (χ1v) is 7.55. The number of halogens is 1. The second-order valence-corrected chi connectivity index (χ2v) is 5.68. The topological polar surface area (TPSA) is 65.9 Å². The molecule has 0 aliphatic carbocycles. The fraction of sp³-hybridized carbons (Fsp3) is 0.562. The molecular weight excluding hydrogens is 285 g/mol. The Bertz CT molecular complexity index is 485. The van der Waals surface area contributed by atoms with Gasteiger partial charge >= 0.3 is 0 Å². The van der Waals surface area contributed by atoms with Crippen molar-refractivity contribution in [2.24, 2.45) is 10.4 Å². The van der Waals surface area contributed by atoms with Crippen LogP contribution in [0.25, 0.3) is 0 Å². The molecule has 1 saturated heterocycles. The molecule has 0 spiro atoms. The number of benzene rings is 1. The van der Waals surface area contributed by atoms with Gasteiger partial charge in [0.05, 0.1) is 6.61 Å². The number of aliphatic hydroxyl groups is 1. The predicted octanol–water partition coefficient (Wildman–Crippen LogP) is 1.28. The van der Waals surface area contributed by atoms with Crippen molar-refractivity contribution in [3.8, 4) is 0 Å². The summed E-state index contributed by atoms with van der Waals surface area (Å²) in [5.74, 6) is 0.451. The molecule has 1 fully saturated rings. The smallest absolute Gasteiger partial charge is 0.191 e. The third-order valence-corrected chi connectivity index (χ3v) is 4.05. The number of hydrogen-bond donors (Lipinski definition) is 3. The number of hydrogen-bond acceptors (Lipinski definition) is 3. The van der Waals surface area contributed by atoms with Gasteiger partial charge in [0, 0.05) is 38.8 Å². The molecule has 5 nitrogen and oxygen atoms in total. The average Bonchev–Trinajstić information content (AvgIpc) is 2.98. The third-order valence-electron chi connectivity index (χ3n) is 4.05. The van der Waals surface area contributed by atoms with E-state index >= 15 is 0 Å². The molecule has 122 valence electrons. The summed E-state index contributed by atoms with van der Waals surface area (Å²) in [6.45, 7) is 2.84. The van der Waals surface area contributed by atoms with Crippen LogP contribution in [0.1, 0.15) is 18.4 Å². The van der Waals surface area contributed by atoms with Crippen LogP contribution in [-0.4, -0.2) is 44.5 Å². The van der Waals surface area contributed by atoms with Crippen molar-refractivity contribution in [2.75, 3.05) is 33.4 Å². The van der Waals surface area contributed by atoms with Gasteiger partial charge in [-0.25, -0.2) is 4.39 Å². The molecule has 0 radical (unpaired) electrons. The highest BCUT2D eigenvalue weighted by Gasteiger charge is 2.34. The van der Waals surface area contributed by atoms with Crippen LogP contribution in [-0.2, 0) is 11.3 Å². The number of ether oxygens (including phenoxy) is 1. The van der Waals surface area contributed by atoms with E-state index in [1.807, 2.05) is 0 Å². The Hall–Kier alpha value is -1.66. The fourth-order valence-corrected chi connectivity index (χ4v) is 2.59. The standard InChI is InChI=1S/C16H24FN3O2/c1-18-15(19-10-13-2-4-14(17)5-3-13)20-11-16(6-8-21)7-9-22-12-16/h2-5,21H,6-12H2,1H3,(H2,18,19,20). The van der Waals surface area contributed by atoms with Crippen molar-refractivity contribution in [1.82, 2.24) is 10.6 Å². The van der Waals surface area contributed by atoms with Gasteiger partial charge in [-0.15, -0.1) is 0 Å². The summed E-state index contributed by atoms with van der Waals surface area (Å²) in [5, 5.41) is 15.7. The maximum atomic E-state index is 12.9. The zero-order valence-electron chi connectivity index (χ0n) is 12.9. The SMILES string of the molecule is CN=C(NCc1ccc(F)cc1)NCC1(CCO)CCOC1. The number of nitrogens with zero attached hydrogens (tertiary/aromatic N) is 1. The lowest BCUT2D eigenvalue weighted by Gasteiger charge is -2.27. The van der Waals surface area contributed by atoms with Crippen LogP contribution in [0, 0.1) is 11.2 Å². The molecule has 22 heavy (non-hydrogen) atoms. The Balaban J connectivity index is 1.83. The van der Waals surface area contributed by atoms with Gasteiger partial charge < -0.3 is 20.5 Å². The highest BCUT2D eigenvalue weighted by molar-refractivity contribution is 5.79. The highest BCUT2D eigenvalue weighted by atomic mass is 19.1. The quantitative estimate of drug-likeness (QED) is 0.547. The summed E-state index contributed by atoms with van der Waals surface area (Å²) in [6.07, 6.45) is 1.66. The molecule has 1 unspecified atom stereocenters. The first-order valence-electron chi connectivity index (χ1n) is 7.55. The molecule has 2 rings (SSSR count). The summed E-state index contributed by atoms with van der Waals surface area (Å²) in [6, 6.07) is 6.37. The van der Waals surface area contributed by atoms with Crippen molar-refractivity contribution in [1.29, 1.82) is 0 Å². The zero-order valence-corrected chi connectivity index (χ0v) is 12.9. The van der Waals surface area contributed by atoms with Gasteiger partial charge in [0.1, 0.15) is 5.82 Å². The minimum atomic E-state index is -0.238. The van der Waals surface area contributed by atoms with Gasteiger partial charge in [0.2, 0.25) is 0 Å². The Morgan fingerprint density at radius 3 is 2.73 bits per heavy atom. The van der Waals surface area contributed by atoms with Crippen molar-refractivity contribution >= 4 is 5.96 Å². The molecule has 1 aliphatic rings. The van der Waals surface area contributed by atoms with E-state index in [4.69, 9.17) is 4.74 Å². The van der Waals surface area contributed by atoms with Gasteiger partial charge in [-0.1, -0.05) is 12.1 Å². The lowest BCUT2D eigenvalue weighted by atomic mass is 9.84. The molecule has 3 N–H and O–H groups in total. The Morgan fingerprint density at radius 2 is 2.14 bits per heavy atom. The largest absolute Gasteiger partial charge is 0.396 e. The molecule has 1 aromatic rings. The van der Waals surface area contributed by atoms with E-state index in [0.29, 0.717) is 25.7 Å². The average molecular weight is 309 g/mol. The normalized spacial score (nSPS) is 21.9. The van der Waals surface area contributed by atoms with E-state index in [1.54, 1.807) is 19.2 Å². The van der Waals surface area contributed by atoms with Crippen LogP contribution in [0.4, 0.5) is 4.39 Å². The molecule has 1 atom stereocenters. The molecule has 0 amide bonds. The monoisotopic (exact) mass is 309 g/mol. The number of aliphatic hydroxyl groups excluding tert-OH is 1. The van der Waals surface area contributed by atoms with E-state index in [1.165, 1.54) is 12.1 Å². The molecule has 0 aromatic heterocycles. The Kier molecular flexibility index (Phi) is 6.15. The highest BCUT2D eigenvalue weighted by Crippen LogP contribution is 2.31. The fourth-order valence-electron chi connectivity index (χ4n) is 2.59. The second-order valence-electron chi connectivity index (χ2n) is 5.68. The lowest BCUT2D eigenvalue weighted by molar-refractivity contribution is 0.127. The van der Waals surface area contributed by atoms with Crippen LogP contribution < -0.4 is 10.6 Å². The van der Waals surface area contributed by atoms with Crippen LogP contribution in [0.15, 0.2) is 29.3 Å². The van der Waals surface area contributed by atoms with Crippen LogP contribution in [0.3, 0.4) is 0 Å². The molecule has 1 aliphatic heterocycles. The maximum Gasteiger partial charge on any atom is 0.191 e. The zero-order chi connectivity index (χ0) is 15.8. The summed E-state index contributed by atoms with van der Waals surface area (Å²) >= 11 is 0. The minimum absolute atomic E-state index is 0.0256. The molecular formula is C16H24FN3O2. The Labute approximate surface area is 130 Å². The van der Waals surface area contributed by atoms with Gasteiger partial charge in [0.15, 0.2) is 5.96 Å². The van der Waals surface area contributed by atoms with E-state index in [0.717, 1.165) is 25.0 Å². The minimum Gasteiger partial charge on any atom is -0.396 e. The molecule has 0 bridgehead atoms. The second kappa shape index (κ2) is 8.10. The molecule has 1 heterocycles. The van der Waals surface area contributed by atoms with Crippen LogP contribution in [0.2, 0.25) is 0 Å². The summed E-state index contributed by atoms with van der Waals surface area (Å²) < 4.78 is 18.3. The van der Waals surface area contributed by atoms with E-state index in [2.05, 4.69) is 15.6 Å². The van der Waals surface area contributed by atoms with Gasteiger partial charge in [-0.3, -0.25) is 4.99 Å².